The minimum absolute atomic E-state index is 0.0447. The van der Waals surface area contributed by atoms with Crippen LogP contribution in [0.15, 0.2) is 53.1 Å². The van der Waals surface area contributed by atoms with Gasteiger partial charge in [-0.15, -0.1) is 0 Å². The Bertz CT molecular complexity index is 725. The molecule has 0 aliphatic carbocycles. The molecule has 2 heterocycles. The van der Waals surface area contributed by atoms with Crippen molar-refractivity contribution in [1.82, 2.24) is 15.1 Å². The van der Waals surface area contributed by atoms with Gasteiger partial charge in [-0.25, -0.2) is 0 Å². The average Bonchev–Trinajstić information content (AvgIpc) is 3.27. The molecule has 2 aromatic rings. The highest BCUT2D eigenvalue weighted by atomic mass is 16.5. The lowest BCUT2D eigenvalue weighted by molar-refractivity contribution is -0.121. The Morgan fingerprint density at radius 1 is 1.04 bits per heavy atom. The lowest BCUT2D eigenvalue weighted by Gasteiger charge is -2.34. The minimum atomic E-state index is -0.0596. The molecule has 7 heteroatoms. The third-order valence-electron chi connectivity index (χ3n) is 4.70. The van der Waals surface area contributed by atoms with Gasteiger partial charge in [0.2, 0.25) is 5.91 Å². The first kappa shape index (κ1) is 19.9. The normalized spacial score (nSPS) is 14.6. The van der Waals surface area contributed by atoms with Crippen molar-refractivity contribution in [2.24, 2.45) is 0 Å². The zero-order valence-electron chi connectivity index (χ0n) is 16.0. The standard InChI is InChI=1S/C21H27N3O4/c25-20(9-5-16-27-18-6-2-1-3-7-18)22-10-11-23-12-14-24(15-13-23)21(26)19-8-4-17-28-19/h1-4,6-8,17H,5,9-16H2,(H,22,25). The molecular weight excluding hydrogens is 358 g/mol. The predicted octanol–water partition coefficient (Wildman–Crippen LogP) is 2.01. The zero-order valence-corrected chi connectivity index (χ0v) is 16.0. The molecule has 1 aliphatic rings. The van der Waals surface area contributed by atoms with Gasteiger partial charge in [0, 0.05) is 45.7 Å². The van der Waals surface area contributed by atoms with Crippen LogP contribution in [0.1, 0.15) is 23.4 Å². The van der Waals surface area contributed by atoms with Gasteiger partial charge in [0.25, 0.3) is 5.91 Å². The molecule has 0 bridgehead atoms. The van der Waals surface area contributed by atoms with Crippen molar-refractivity contribution in [3.8, 4) is 5.75 Å². The van der Waals surface area contributed by atoms with Crippen LogP contribution in [0.5, 0.6) is 5.75 Å². The summed E-state index contributed by atoms with van der Waals surface area (Å²) in [4.78, 5) is 28.2. The van der Waals surface area contributed by atoms with Crippen LogP contribution in [-0.4, -0.2) is 67.5 Å². The number of nitrogens with one attached hydrogen (secondary N) is 1. The van der Waals surface area contributed by atoms with Gasteiger partial charge >= 0.3 is 0 Å². The summed E-state index contributed by atoms with van der Waals surface area (Å²) < 4.78 is 10.8. The summed E-state index contributed by atoms with van der Waals surface area (Å²) in [7, 11) is 0. The van der Waals surface area contributed by atoms with Gasteiger partial charge < -0.3 is 19.4 Å². The maximum Gasteiger partial charge on any atom is 0.289 e. The Morgan fingerprint density at radius 3 is 2.54 bits per heavy atom. The lowest BCUT2D eigenvalue weighted by atomic mass is 10.2. The van der Waals surface area contributed by atoms with Gasteiger partial charge in [0.05, 0.1) is 12.9 Å². The van der Waals surface area contributed by atoms with Crippen molar-refractivity contribution in [2.75, 3.05) is 45.9 Å². The average molecular weight is 385 g/mol. The van der Waals surface area contributed by atoms with E-state index in [4.69, 9.17) is 9.15 Å². The first-order chi connectivity index (χ1) is 13.7. The number of ether oxygens (including phenoxy) is 1. The SMILES string of the molecule is O=C(CCCOc1ccccc1)NCCN1CCN(C(=O)c2ccco2)CC1. The quantitative estimate of drug-likeness (QED) is 0.669. The summed E-state index contributed by atoms with van der Waals surface area (Å²) in [6, 6.07) is 13.0. The lowest BCUT2D eigenvalue weighted by Crippen LogP contribution is -2.50. The van der Waals surface area contributed by atoms with E-state index in [1.807, 2.05) is 30.3 Å². The summed E-state index contributed by atoms with van der Waals surface area (Å²) in [6.07, 6.45) is 2.66. The Labute approximate surface area is 165 Å². The first-order valence-corrected chi connectivity index (χ1v) is 9.72. The summed E-state index contributed by atoms with van der Waals surface area (Å²) in [5.74, 6) is 1.20. The highest BCUT2D eigenvalue weighted by Crippen LogP contribution is 2.10. The van der Waals surface area contributed by atoms with Crippen LogP contribution < -0.4 is 10.1 Å². The Morgan fingerprint density at radius 2 is 1.82 bits per heavy atom. The maximum atomic E-state index is 12.2. The second-order valence-electron chi connectivity index (χ2n) is 6.73. The monoisotopic (exact) mass is 385 g/mol. The molecule has 0 atom stereocenters. The van der Waals surface area contributed by atoms with E-state index < -0.39 is 0 Å². The fraction of sp³-hybridized carbons (Fsp3) is 0.429. The van der Waals surface area contributed by atoms with Crippen molar-refractivity contribution in [3.63, 3.8) is 0 Å². The molecule has 0 unspecified atom stereocenters. The molecule has 28 heavy (non-hydrogen) atoms. The van der Waals surface area contributed by atoms with Crippen molar-refractivity contribution in [2.45, 2.75) is 12.8 Å². The van der Waals surface area contributed by atoms with Gasteiger partial charge in [-0.05, 0) is 30.7 Å². The molecule has 1 saturated heterocycles. The van der Waals surface area contributed by atoms with Crippen molar-refractivity contribution in [3.05, 3.63) is 54.5 Å². The molecular formula is C21H27N3O4. The number of para-hydroxylation sites is 1. The predicted molar refractivity (Wildman–Crippen MR) is 105 cm³/mol. The number of rotatable bonds is 9. The van der Waals surface area contributed by atoms with Crippen LogP contribution in [-0.2, 0) is 4.79 Å². The summed E-state index contributed by atoms with van der Waals surface area (Å²) in [5, 5.41) is 2.95. The molecule has 1 aromatic heterocycles. The number of piperazine rings is 1. The molecule has 3 rings (SSSR count). The van der Waals surface area contributed by atoms with Gasteiger partial charge in [0.1, 0.15) is 5.75 Å². The van der Waals surface area contributed by atoms with Gasteiger partial charge in [-0.3, -0.25) is 14.5 Å². The Balaban J connectivity index is 1.23. The second-order valence-corrected chi connectivity index (χ2v) is 6.73. The number of hydrogen-bond acceptors (Lipinski definition) is 5. The maximum absolute atomic E-state index is 12.2. The van der Waals surface area contributed by atoms with Crippen molar-refractivity contribution < 1.29 is 18.7 Å². The number of carbonyl (C=O) groups is 2. The van der Waals surface area contributed by atoms with Crippen molar-refractivity contribution in [1.29, 1.82) is 0 Å². The molecule has 0 radical (unpaired) electrons. The minimum Gasteiger partial charge on any atom is -0.494 e. The van der Waals surface area contributed by atoms with E-state index >= 15 is 0 Å². The van der Waals surface area contributed by atoms with Crippen LogP contribution in [0.25, 0.3) is 0 Å². The van der Waals surface area contributed by atoms with E-state index in [1.165, 1.54) is 6.26 Å². The molecule has 0 spiro atoms. The highest BCUT2D eigenvalue weighted by Gasteiger charge is 2.23. The molecule has 1 aliphatic heterocycles. The largest absolute Gasteiger partial charge is 0.494 e. The van der Waals surface area contributed by atoms with Crippen molar-refractivity contribution >= 4 is 11.8 Å². The van der Waals surface area contributed by atoms with E-state index in [2.05, 4.69) is 10.2 Å². The van der Waals surface area contributed by atoms with Crippen LogP contribution in [0.2, 0.25) is 0 Å². The molecule has 1 N–H and O–H groups in total. The summed E-state index contributed by atoms with van der Waals surface area (Å²) >= 11 is 0. The number of nitrogens with zero attached hydrogens (tertiary/aromatic N) is 2. The number of carbonyl (C=O) groups excluding carboxylic acids is 2. The van der Waals surface area contributed by atoms with E-state index in [1.54, 1.807) is 17.0 Å². The van der Waals surface area contributed by atoms with Gasteiger partial charge in [-0.2, -0.15) is 0 Å². The molecule has 1 aromatic carbocycles. The highest BCUT2D eigenvalue weighted by molar-refractivity contribution is 5.91. The van der Waals surface area contributed by atoms with E-state index in [-0.39, 0.29) is 11.8 Å². The summed E-state index contributed by atoms with van der Waals surface area (Å²) in [5.41, 5.74) is 0. The third-order valence-corrected chi connectivity index (χ3v) is 4.70. The number of amides is 2. The first-order valence-electron chi connectivity index (χ1n) is 9.72. The van der Waals surface area contributed by atoms with E-state index in [9.17, 15) is 9.59 Å². The van der Waals surface area contributed by atoms with Crippen LogP contribution in [0, 0.1) is 0 Å². The number of furan rings is 1. The molecule has 150 valence electrons. The molecule has 0 saturated carbocycles. The molecule has 1 fully saturated rings. The number of hydrogen-bond donors (Lipinski definition) is 1. The van der Waals surface area contributed by atoms with E-state index in [0.29, 0.717) is 44.8 Å². The Hall–Kier alpha value is -2.80. The van der Waals surface area contributed by atoms with Crippen LogP contribution >= 0.6 is 0 Å². The summed E-state index contributed by atoms with van der Waals surface area (Å²) in [6.45, 7) is 4.87. The van der Waals surface area contributed by atoms with Crippen LogP contribution in [0.3, 0.4) is 0 Å². The fourth-order valence-electron chi connectivity index (χ4n) is 3.11. The van der Waals surface area contributed by atoms with Gasteiger partial charge in [0.15, 0.2) is 5.76 Å². The zero-order chi connectivity index (χ0) is 19.6. The van der Waals surface area contributed by atoms with Crippen LogP contribution in [0.4, 0.5) is 0 Å². The smallest absolute Gasteiger partial charge is 0.289 e. The molecule has 2 amide bonds. The fourth-order valence-corrected chi connectivity index (χ4v) is 3.11. The second kappa shape index (κ2) is 10.5. The Kier molecular flexibility index (Phi) is 7.49. The van der Waals surface area contributed by atoms with E-state index in [0.717, 1.165) is 25.4 Å². The van der Waals surface area contributed by atoms with Gasteiger partial charge in [-0.1, -0.05) is 18.2 Å². The number of benzene rings is 1. The topological polar surface area (TPSA) is 75.0 Å². The third kappa shape index (κ3) is 6.13. The molecule has 7 nitrogen and oxygen atoms in total.